The summed E-state index contributed by atoms with van der Waals surface area (Å²) in [5, 5.41) is 4.93. The molecule has 0 radical (unpaired) electrons. The lowest BCUT2D eigenvalue weighted by Crippen LogP contribution is -2.52. The van der Waals surface area contributed by atoms with Crippen molar-refractivity contribution in [3.8, 4) is 0 Å². The molecule has 0 spiro atoms. The number of nitrogens with one attached hydrogen (secondary N) is 1. The number of hydrogen-bond donors (Lipinski definition) is 3. The fraction of sp³-hybridized carbons (Fsp3) is 0.667. The number of carbonyl (C=O) groups excluding carboxylic acids is 2. The van der Waals surface area contributed by atoms with E-state index in [4.69, 9.17) is 16.3 Å². The highest BCUT2D eigenvalue weighted by atomic mass is 16.6. The molecule has 1 aliphatic heterocycles. The van der Waals surface area contributed by atoms with Crippen LogP contribution in [0, 0.1) is 17.8 Å². The summed E-state index contributed by atoms with van der Waals surface area (Å²) in [6, 6.07) is 8.04. The molecule has 3 atom stereocenters. The average molecular weight is 528 g/mol. The van der Waals surface area contributed by atoms with Crippen LogP contribution < -0.4 is 16.9 Å². The van der Waals surface area contributed by atoms with E-state index in [0.717, 1.165) is 57.2 Å². The van der Waals surface area contributed by atoms with E-state index >= 15 is 0 Å². The zero-order valence-corrected chi connectivity index (χ0v) is 23.8. The molecule has 38 heavy (non-hydrogen) atoms. The van der Waals surface area contributed by atoms with Gasteiger partial charge in [-0.15, -0.1) is 0 Å². The molecule has 2 amide bonds. The van der Waals surface area contributed by atoms with Crippen molar-refractivity contribution in [2.24, 2.45) is 29.3 Å². The Kier molecular flexibility index (Phi) is 11.5. The van der Waals surface area contributed by atoms with Crippen molar-refractivity contribution in [1.29, 1.82) is 0 Å². The molecule has 3 rings (SSSR count). The van der Waals surface area contributed by atoms with Crippen LogP contribution in [0.3, 0.4) is 0 Å². The van der Waals surface area contributed by atoms with Crippen molar-refractivity contribution >= 4 is 12.0 Å². The first kappa shape index (κ1) is 30.0. The van der Waals surface area contributed by atoms with Crippen LogP contribution in [0.15, 0.2) is 36.0 Å². The van der Waals surface area contributed by atoms with Crippen LogP contribution in [-0.4, -0.2) is 60.2 Å². The van der Waals surface area contributed by atoms with E-state index in [0.29, 0.717) is 43.0 Å². The first-order valence-corrected chi connectivity index (χ1v) is 14.6. The number of amides is 2. The van der Waals surface area contributed by atoms with Gasteiger partial charge < -0.3 is 25.7 Å². The Bertz CT molecular complexity index is 922. The predicted octanol–water partition coefficient (Wildman–Crippen LogP) is 4.45. The van der Waals surface area contributed by atoms with Gasteiger partial charge in [0.15, 0.2) is 0 Å². The molecule has 1 fully saturated rings. The Balaban J connectivity index is 1.58. The maximum Gasteiger partial charge on any atom is 0.409 e. The lowest BCUT2D eigenvalue weighted by Gasteiger charge is -2.42. The molecular weight excluding hydrogens is 478 g/mol. The first-order valence-electron chi connectivity index (χ1n) is 14.6. The average Bonchev–Trinajstić information content (AvgIpc) is 2.92. The zero-order chi connectivity index (χ0) is 27.7. The number of nitrogens with zero attached hydrogens (tertiary/aromatic N) is 2. The third-order valence-electron chi connectivity index (χ3n) is 8.48. The van der Waals surface area contributed by atoms with Gasteiger partial charge in [0.05, 0.1) is 6.61 Å². The standard InChI is InChI=1S/C30H49N5O3/c1-5-22(6-2)12-15-33-29(36)24-10-8-23(9-11-24)19-25-20-28(27(31)18-21(25)4)35(32)26-13-16-34(17-14-26)30(37)38-7-3/h8-11,20-22,25-27H,5-7,12-19,31-32H2,1-4H3,(H,33,36). The zero-order valence-electron chi connectivity index (χ0n) is 23.8. The Labute approximate surface area is 229 Å². The molecule has 3 unspecified atom stereocenters. The second-order valence-corrected chi connectivity index (χ2v) is 11.0. The molecule has 1 aromatic rings. The van der Waals surface area contributed by atoms with E-state index in [1.807, 2.05) is 24.1 Å². The highest BCUT2D eigenvalue weighted by Crippen LogP contribution is 2.33. The number of ether oxygens (including phenoxy) is 1. The second-order valence-electron chi connectivity index (χ2n) is 11.0. The highest BCUT2D eigenvalue weighted by Gasteiger charge is 2.33. The molecule has 0 saturated carbocycles. The third kappa shape index (κ3) is 7.96. The van der Waals surface area contributed by atoms with Gasteiger partial charge >= 0.3 is 6.09 Å². The van der Waals surface area contributed by atoms with Crippen molar-refractivity contribution in [2.75, 3.05) is 26.2 Å². The van der Waals surface area contributed by atoms with Crippen LogP contribution in [0.5, 0.6) is 0 Å². The fourth-order valence-corrected chi connectivity index (χ4v) is 5.75. The monoisotopic (exact) mass is 527 g/mol. The predicted molar refractivity (Wildman–Crippen MR) is 152 cm³/mol. The van der Waals surface area contributed by atoms with Gasteiger partial charge in [0.2, 0.25) is 0 Å². The minimum absolute atomic E-state index is 0.00512. The van der Waals surface area contributed by atoms with Crippen LogP contribution in [-0.2, 0) is 11.2 Å². The molecule has 8 heteroatoms. The van der Waals surface area contributed by atoms with Gasteiger partial charge in [-0.25, -0.2) is 10.6 Å². The second kappa shape index (κ2) is 14.5. The van der Waals surface area contributed by atoms with E-state index < -0.39 is 0 Å². The quantitative estimate of drug-likeness (QED) is 0.289. The van der Waals surface area contributed by atoms with E-state index in [-0.39, 0.29) is 24.1 Å². The van der Waals surface area contributed by atoms with Crippen LogP contribution >= 0.6 is 0 Å². The number of nitrogens with two attached hydrogens (primary N) is 2. The molecule has 0 aromatic heterocycles. The number of hydrazine groups is 1. The van der Waals surface area contributed by atoms with Gasteiger partial charge in [0.25, 0.3) is 5.91 Å². The number of piperidine rings is 1. The molecule has 1 aliphatic carbocycles. The lowest BCUT2D eigenvalue weighted by molar-refractivity contribution is 0.0796. The number of likely N-dealkylation sites (tertiary alicyclic amines) is 1. The maximum atomic E-state index is 12.6. The summed E-state index contributed by atoms with van der Waals surface area (Å²) < 4.78 is 5.14. The topological polar surface area (TPSA) is 114 Å². The minimum Gasteiger partial charge on any atom is -0.450 e. The van der Waals surface area contributed by atoms with Crippen LogP contribution in [0.2, 0.25) is 0 Å². The first-order chi connectivity index (χ1) is 18.3. The van der Waals surface area contributed by atoms with Crippen molar-refractivity contribution in [2.45, 2.75) is 84.7 Å². The number of carbonyl (C=O) groups is 2. The summed E-state index contributed by atoms with van der Waals surface area (Å²) in [6.07, 6.45) is 8.68. The van der Waals surface area contributed by atoms with Gasteiger partial charge in [-0.1, -0.05) is 51.8 Å². The smallest absolute Gasteiger partial charge is 0.409 e. The largest absolute Gasteiger partial charge is 0.450 e. The molecule has 212 valence electrons. The van der Waals surface area contributed by atoms with Gasteiger partial charge in [-0.2, -0.15) is 0 Å². The Hall–Kier alpha value is -2.58. The molecule has 2 aliphatic rings. The van der Waals surface area contributed by atoms with E-state index in [1.165, 1.54) is 5.56 Å². The fourth-order valence-electron chi connectivity index (χ4n) is 5.75. The van der Waals surface area contributed by atoms with Crippen molar-refractivity contribution in [3.05, 3.63) is 47.2 Å². The molecule has 1 saturated heterocycles. The molecule has 0 bridgehead atoms. The summed E-state index contributed by atoms with van der Waals surface area (Å²) in [4.78, 5) is 26.4. The SMILES string of the molecule is CCOC(=O)N1CCC(N(N)C2=CC(Cc3ccc(C(=O)NCCC(CC)CC)cc3)C(C)CC2N)CC1. The number of allylic oxidation sites excluding steroid dienone is 1. The van der Waals surface area contributed by atoms with Gasteiger partial charge in [-0.3, -0.25) is 4.79 Å². The minimum atomic E-state index is -0.248. The third-order valence-corrected chi connectivity index (χ3v) is 8.48. The summed E-state index contributed by atoms with van der Waals surface area (Å²) in [5.41, 5.74) is 9.46. The van der Waals surface area contributed by atoms with E-state index in [9.17, 15) is 9.59 Å². The lowest BCUT2D eigenvalue weighted by atomic mass is 9.78. The number of hydrogen-bond acceptors (Lipinski definition) is 6. The molecule has 5 N–H and O–H groups in total. The number of rotatable bonds is 11. The summed E-state index contributed by atoms with van der Waals surface area (Å²) in [5.74, 6) is 8.04. The molecule has 1 heterocycles. The normalized spacial score (nSPS) is 22.2. The van der Waals surface area contributed by atoms with Crippen molar-refractivity contribution < 1.29 is 14.3 Å². The van der Waals surface area contributed by atoms with Crippen molar-refractivity contribution in [3.63, 3.8) is 0 Å². The Morgan fingerprint density at radius 3 is 2.39 bits per heavy atom. The van der Waals surface area contributed by atoms with Gasteiger partial charge in [0, 0.05) is 43.0 Å². The molecule has 1 aromatic carbocycles. The van der Waals surface area contributed by atoms with E-state index in [1.54, 1.807) is 4.90 Å². The van der Waals surface area contributed by atoms with Crippen LogP contribution in [0.1, 0.15) is 82.1 Å². The van der Waals surface area contributed by atoms with Gasteiger partial charge in [-0.05, 0) is 74.5 Å². The van der Waals surface area contributed by atoms with Crippen LogP contribution in [0.4, 0.5) is 4.79 Å². The Morgan fingerprint density at radius 1 is 1.13 bits per heavy atom. The highest BCUT2D eigenvalue weighted by molar-refractivity contribution is 5.94. The van der Waals surface area contributed by atoms with Crippen molar-refractivity contribution in [1.82, 2.24) is 15.2 Å². The summed E-state index contributed by atoms with van der Waals surface area (Å²) in [7, 11) is 0. The molecule has 8 nitrogen and oxygen atoms in total. The van der Waals surface area contributed by atoms with E-state index in [2.05, 4.69) is 44.3 Å². The maximum absolute atomic E-state index is 12.6. The molecular formula is C30H49N5O3. The summed E-state index contributed by atoms with van der Waals surface area (Å²) in [6.45, 7) is 10.9. The number of benzene rings is 1. The summed E-state index contributed by atoms with van der Waals surface area (Å²) >= 11 is 0. The Morgan fingerprint density at radius 2 is 1.79 bits per heavy atom. The van der Waals surface area contributed by atoms with Gasteiger partial charge in [0.1, 0.15) is 0 Å². The van der Waals surface area contributed by atoms with Crippen LogP contribution in [0.25, 0.3) is 0 Å².